The maximum Gasteiger partial charge on any atom is 0.405 e. The van der Waals surface area contributed by atoms with Crippen molar-refractivity contribution >= 4 is 28.7 Å². The third kappa shape index (κ3) is 3.26. The zero-order chi connectivity index (χ0) is 19.9. The fourth-order valence-electron chi connectivity index (χ4n) is 4.92. The van der Waals surface area contributed by atoms with Gasteiger partial charge >= 0.3 is 6.09 Å². The minimum Gasteiger partial charge on any atom is -0.481 e. The predicted molar refractivity (Wildman–Crippen MR) is 105 cm³/mol. The molecule has 5 rings (SSSR count). The third-order valence-electron chi connectivity index (χ3n) is 6.73. The van der Waals surface area contributed by atoms with Crippen LogP contribution in [0.2, 0.25) is 5.02 Å². The van der Waals surface area contributed by atoms with Gasteiger partial charge in [-0.15, -0.1) is 0 Å². The molecule has 1 atom stereocenters. The SMILES string of the molecule is COc1ccc2ncc(Cl)c(CC(O)C34CCC(NC(=O)O)(CC3)CC4)c2n1. The van der Waals surface area contributed by atoms with Gasteiger partial charge < -0.3 is 20.3 Å². The number of ether oxygens (including phenoxy) is 1. The number of rotatable bonds is 5. The molecule has 7 nitrogen and oxygen atoms in total. The fourth-order valence-corrected chi connectivity index (χ4v) is 5.14. The Bertz CT molecular complexity index is 895. The number of fused-ring (bicyclic) bond motifs is 4. The molecule has 1 unspecified atom stereocenters. The smallest absolute Gasteiger partial charge is 0.405 e. The van der Waals surface area contributed by atoms with E-state index < -0.39 is 12.2 Å². The number of nitrogens with zero attached hydrogens (tertiary/aromatic N) is 2. The zero-order valence-corrected chi connectivity index (χ0v) is 16.5. The van der Waals surface area contributed by atoms with E-state index in [1.165, 1.54) is 0 Å². The second-order valence-corrected chi connectivity index (χ2v) is 8.51. The van der Waals surface area contributed by atoms with Crippen LogP contribution in [0.1, 0.15) is 44.1 Å². The summed E-state index contributed by atoms with van der Waals surface area (Å²) >= 11 is 6.43. The molecule has 0 spiro atoms. The maximum atomic E-state index is 11.2. The van der Waals surface area contributed by atoms with Crippen molar-refractivity contribution in [2.24, 2.45) is 5.41 Å². The molecule has 150 valence electrons. The van der Waals surface area contributed by atoms with Gasteiger partial charge in [0.25, 0.3) is 0 Å². The van der Waals surface area contributed by atoms with E-state index in [0.717, 1.165) is 44.1 Å². The molecule has 0 aliphatic heterocycles. The number of carbonyl (C=O) groups is 1. The molecule has 3 fully saturated rings. The Balaban J connectivity index is 1.59. The molecule has 0 aromatic carbocycles. The lowest BCUT2D eigenvalue weighted by Crippen LogP contribution is -2.59. The van der Waals surface area contributed by atoms with Gasteiger partial charge in [0.1, 0.15) is 0 Å². The number of hydrogen-bond acceptors (Lipinski definition) is 5. The first kappa shape index (κ1) is 19.2. The highest BCUT2D eigenvalue weighted by Crippen LogP contribution is 2.54. The van der Waals surface area contributed by atoms with Crippen LogP contribution in [-0.4, -0.2) is 45.0 Å². The number of aliphatic hydroxyl groups is 1. The van der Waals surface area contributed by atoms with Gasteiger partial charge in [-0.05, 0) is 50.0 Å². The molecule has 1 amide bonds. The number of amides is 1. The molecule has 3 aliphatic rings. The van der Waals surface area contributed by atoms with Crippen LogP contribution < -0.4 is 10.1 Å². The fraction of sp³-hybridized carbons (Fsp3) is 0.550. The first-order valence-electron chi connectivity index (χ1n) is 9.54. The second-order valence-electron chi connectivity index (χ2n) is 8.10. The first-order valence-corrected chi connectivity index (χ1v) is 9.92. The maximum absolute atomic E-state index is 11.2. The van der Waals surface area contributed by atoms with Gasteiger partial charge in [-0.1, -0.05) is 11.6 Å². The summed E-state index contributed by atoms with van der Waals surface area (Å²) in [6.07, 6.45) is 5.10. The Labute approximate surface area is 168 Å². The summed E-state index contributed by atoms with van der Waals surface area (Å²) in [5.41, 5.74) is 1.60. The summed E-state index contributed by atoms with van der Waals surface area (Å²) in [6, 6.07) is 3.58. The summed E-state index contributed by atoms with van der Waals surface area (Å²) in [7, 11) is 1.56. The number of hydrogen-bond donors (Lipinski definition) is 3. The molecule has 2 bridgehead atoms. The lowest BCUT2D eigenvalue weighted by Gasteiger charge is -2.55. The summed E-state index contributed by atoms with van der Waals surface area (Å²) < 4.78 is 5.23. The molecule has 28 heavy (non-hydrogen) atoms. The number of aliphatic hydroxyl groups excluding tert-OH is 1. The van der Waals surface area contributed by atoms with E-state index in [1.54, 1.807) is 19.4 Å². The third-order valence-corrected chi connectivity index (χ3v) is 7.06. The van der Waals surface area contributed by atoms with Gasteiger partial charge in [-0.25, -0.2) is 9.78 Å². The minimum atomic E-state index is -0.968. The zero-order valence-electron chi connectivity index (χ0n) is 15.7. The highest BCUT2D eigenvalue weighted by molar-refractivity contribution is 6.32. The summed E-state index contributed by atoms with van der Waals surface area (Å²) in [5, 5.41) is 23.5. The van der Waals surface area contributed by atoms with Crippen molar-refractivity contribution in [2.45, 2.75) is 56.6 Å². The lowest BCUT2D eigenvalue weighted by molar-refractivity contribution is -0.0676. The molecule has 2 aromatic heterocycles. The number of aromatic nitrogens is 2. The standard InChI is InChI=1S/C20H24ClN3O4/c1-28-16-3-2-14-17(23-16)12(13(21)11-22-14)10-15(25)19-4-7-20(8-5-19,9-6-19)24-18(26)27/h2-3,11,15,24-25H,4-10H2,1H3,(H,26,27). The average Bonchev–Trinajstić information content (AvgIpc) is 2.70. The van der Waals surface area contributed by atoms with Crippen molar-refractivity contribution in [3.05, 3.63) is 28.9 Å². The molecule has 0 saturated heterocycles. The number of halogens is 1. The van der Waals surface area contributed by atoms with Crippen LogP contribution in [0.4, 0.5) is 4.79 Å². The van der Waals surface area contributed by atoms with Crippen LogP contribution in [-0.2, 0) is 6.42 Å². The predicted octanol–water partition coefficient (Wildman–Crippen LogP) is 3.56. The van der Waals surface area contributed by atoms with Crippen molar-refractivity contribution in [1.29, 1.82) is 0 Å². The van der Waals surface area contributed by atoms with Crippen molar-refractivity contribution in [3.63, 3.8) is 0 Å². The lowest BCUT2D eigenvalue weighted by atomic mass is 9.54. The average molecular weight is 406 g/mol. The Morgan fingerprint density at radius 3 is 2.57 bits per heavy atom. The van der Waals surface area contributed by atoms with Gasteiger partial charge in [0.2, 0.25) is 5.88 Å². The Morgan fingerprint density at radius 1 is 1.29 bits per heavy atom. The van der Waals surface area contributed by atoms with Crippen LogP contribution >= 0.6 is 11.6 Å². The molecule has 8 heteroatoms. The topological polar surface area (TPSA) is 105 Å². The van der Waals surface area contributed by atoms with Crippen molar-refractivity contribution < 1.29 is 19.7 Å². The van der Waals surface area contributed by atoms with E-state index in [1.807, 2.05) is 6.07 Å². The van der Waals surface area contributed by atoms with Gasteiger partial charge in [-0.2, -0.15) is 0 Å². The minimum absolute atomic E-state index is 0.209. The van der Waals surface area contributed by atoms with Crippen LogP contribution in [0.15, 0.2) is 18.3 Å². The summed E-state index contributed by atoms with van der Waals surface area (Å²) in [6.45, 7) is 0. The van der Waals surface area contributed by atoms with E-state index in [2.05, 4.69) is 15.3 Å². The van der Waals surface area contributed by atoms with Crippen LogP contribution in [0.25, 0.3) is 11.0 Å². The Morgan fingerprint density at radius 2 is 1.96 bits per heavy atom. The van der Waals surface area contributed by atoms with Crippen LogP contribution in [0.3, 0.4) is 0 Å². The monoisotopic (exact) mass is 405 g/mol. The second kappa shape index (κ2) is 7.04. The Kier molecular flexibility index (Phi) is 4.83. The number of pyridine rings is 2. The summed E-state index contributed by atoms with van der Waals surface area (Å²) in [5.74, 6) is 0.477. The molecule has 3 saturated carbocycles. The van der Waals surface area contributed by atoms with Gasteiger partial charge in [0.05, 0.1) is 29.3 Å². The quantitative estimate of drug-likeness (QED) is 0.702. The summed E-state index contributed by atoms with van der Waals surface area (Å²) in [4.78, 5) is 19.9. The van der Waals surface area contributed by atoms with E-state index in [4.69, 9.17) is 21.4 Å². The van der Waals surface area contributed by atoms with E-state index in [0.29, 0.717) is 28.4 Å². The van der Waals surface area contributed by atoms with Crippen molar-refractivity contribution in [3.8, 4) is 5.88 Å². The number of carboxylic acid groups (broad SMARTS) is 1. The molecule has 2 heterocycles. The number of methoxy groups -OCH3 is 1. The van der Waals surface area contributed by atoms with Crippen molar-refractivity contribution in [2.75, 3.05) is 7.11 Å². The van der Waals surface area contributed by atoms with Gasteiger partial charge in [0.15, 0.2) is 0 Å². The molecule has 0 radical (unpaired) electrons. The normalized spacial score (nSPS) is 27.5. The molecule has 3 N–H and O–H groups in total. The molecular weight excluding hydrogens is 382 g/mol. The first-order chi connectivity index (χ1) is 13.4. The van der Waals surface area contributed by atoms with Gasteiger partial charge in [0, 0.05) is 29.8 Å². The molecule has 3 aliphatic carbocycles. The highest BCUT2D eigenvalue weighted by Gasteiger charge is 2.52. The van der Waals surface area contributed by atoms with Crippen LogP contribution in [0.5, 0.6) is 5.88 Å². The largest absolute Gasteiger partial charge is 0.481 e. The van der Waals surface area contributed by atoms with E-state index in [9.17, 15) is 9.90 Å². The molecular formula is C20H24ClN3O4. The highest BCUT2D eigenvalue weighted by atomic mass is 35.5. The van der Waals surface area contributed by atoms with Crippen molar-refractivity contribution in [1.82, 2.24) is 15.3 Å². The van der Waals surface area contributed by atoms with Crippen LogP contribution in [0, 0.1) is 5.41 Å². The van der Waals surface area contributed by atoms with Gasteiger partial charge in [-0.3, -0.25) is 4.98 Å². The number of nitrogens with one attached hydrogen (secondary N) is 1. The molecule has 2 aromatic rings. The van der Waals surface area contributed by atoms with E-state index >= 15 is 0 Å². The van der Waals surface area contributed by atoms with E-state index in [-0.39, 0.29) is 11.0 Å². The Hall–Kier alpha value is -2.12.